The zero-order chi connectivity index (χ0) is 87.0. The van der Waals surface area contributed by atoms with E-state index in [0.717, 1.165) is 52.6 Å². The minimum Gasteiger partial charge on any atom is -0.481 e. The quantitative estimate of drug-likeness (QED) is 0.0175. The Hall–Kier alpha value is -14.2. The molecule has 0 saturated carbocycles. The van der Waals surface area contributed by atoms with Crippen LogP contribution >= 0.6 is 47.8 Å². The highest BCUT2D eigenvalue weighted by Crippen LogP contribution is 2.37. The number of nitrogen functional groups attached to an aromatic ring is 5. The summed E-state index contributed by atoms with van der Waals surface area (Å²) < 4.78 is 134. The van der Waals surface area contributed by atoms with Crippen LogP contribution in [0.5, 0.6) is 0 Å². The van der Waals surface area contributed by atoms with Gasteiger partial charge in [0.1, 0.15) is 94.4 Å². The predicted molar refractivity (Wildman–Crippen MR) is 430 cm³/mol. The van der Waals surface area contributed by atoms with E-state index in [1.54, 1.807) is 12.1 Å². The number of amides is 1. The number of anilines is 6. The van der Waals surface area contributed by atoms with Crippen molar-refractivity contribution in [3.63, 3.8) is 0 Å². The van der Waals surface area contributed by atoms with Gasteiger partial charge < -0.3 is 61.2 Å². The lowest BCUT2D eigenvalue weighted by Gasteiger charge is -2.12. The van der Waals surface area contributed by atoms with Crippen molar-refractivity contribution < 1.29 is 77.5 Å². The van der Waals surface area contributed by atoms with Gasteiger partial charge in [-0.05, 0) is 159 Å². The van der Waals surface area contributed by atoms with Crippen molar-refractivity contribution in [2.75, 3.05) is 33.8 Å². The number of hydrogen-bond donors (Lipinski definition) is 11. The first-order valence-electron chi connectivity index (χ1n) is 34.6. The molecule has 0 radical (unpaired) electrons. The molecule has 12 heterocycles. The van der Waals surface area contributed by atoms with Crippen LogP contribution < -0.4 is 50.5 Å². The molecule has 35 nitrogen and oxygen atoms in total. The van der Waals surface area contributed by atoms with Gasteiger partial charge in [0, 0.05) is 57.9 Å². The first-order valence-corrected chi connectivity index (χ1v) is 36.9. The minimum atomic E-state index is -1.39. The van der Waals surface area contributed by atoms with Crippen LogP contribution in [0.4, 0.5) is 70.6 Å². The van der Waals surface area contributed by atoms with Crippen molar-refractivity contribution in [2.45, 2.75) is 53.4 Å². The summed E-state index contributed by atoms with van der Waals surface area (Å²) in [5.74, 6) is -0.617. The van der Waals surface area contributed by atoms with Gasteiger partial charge >= 0.3 is 13.1 Å². The summed E-state index contributed by atoms with van der Waals surface area (Å²) >= 11 is 9.91. The number of oxazole rings is 4. The number of carboxylic acid groups (broad SMARTS) is 1. The molecule has 0 aliphatic rings. The highest BCUT2D eigenvalue weighted by molar-refractivity contribution is 9.11. The lowest BCUT2D eigenvalue weighted by molar-refractivity contribution is -0.136. The van der Waals surface area contributed by atoms with Gasteiger partial charge in [-0.25, -0.2) is 90.8 Å². The monoisotopic (exact) mass is 1860 g/mol. The zero-order valence-corrected chi connectivity index (χ0v) is 67.4. The number of carbonyl (C=O) groups excluding carboxylic acids is 1. The summed E-state index contributed by atoms with van der Waals surface area (Å²) in [6.07, 6.45) is 10.1. The maximum atomic E-state index is 14.2. The van der Waals surface area contributed by atoms with Crippen molar-refractivity contribution in [1.82, 2.24) is 94.4 Å². The highest BCUT2D eigenvalue weighted by atomic mass is 79.9. The number of fused-ring (bicyclic) bond motifs is 2. The average molecular weight is 1860 g/mol. The smallest absolute Gasteiger partial charge is 0.481 e. The molecule has 47 heteroatoms. The Labute approximate surface area is 701 Å². The molecule has 620 valence electrons. The molecule has 4 aromatic carbocycles. The van der Waals surface area contributed by atoms with E-state index < -0.39 is 83.9 Å². The normalized spacial score (nSPS) is 10.8. The number of hydrazine groups is 2. The van der Waals surface area contributed by atoms with Gasteiger partial charge in [-0.2, -0.15) is 19.0 Å². The number of carboxylic acids is 1. The van der Waals surface area contributed by atoms with E-state index in [1.165, 1.54) is 107 Å². The Balaban J connectivity index is 0.000000148. The summed E-state index contributed by atoms with van der Waals surface area (Å²) in [6, 6.07) is 21.0. The van der Waals surface area contributed by atoms with Crippen molar-refractivity contribution in [3.05, 3.63) is 264 Å². The van der Waals surface area contributed by atoms with E-state index >= 15 is 0 Å². The molecule has 0 spiro atoms. The van der Waals surface area contributed by atoms with E-state index in [1.807, 2.05) is 39.8 Å². The van der Waals surface area contributed by atoms with E-state index in [4.69, 9.17) is 61.6 Å². The average Bonchev–Trinajstić information content (AvgIpc) is 1.64. The van der Waals surface area contributed by atoms with E-state index in [9.17, 15) is 44.7 Å². The van der Waals surface area contributed by atoms with Crippen LogP contribution in [0.2, 0.25) is 0 Å². The Kier molecular flexibility index (Phi) is 28.5. The maximum Gasteiger partial charge on any atom is 0.488 e. The van der Waals surface area contributed by atoms with Gasteiger partial charge in [0.2, 0.25) is 53.3 Å². The van der Waals surface area contributed by atoms with E-state index in [-0.39, 0.29) is 94.2 Å². The van der Waals surface area contributed by atoms with Gasteiger partial charge in [0.25, 0.3) is 0 Å². The molecule has 16 aromatic rings. The van der Waals surface area contributed by atoms with Crippen LogP contribution in [-0.4, -0.2) is 123 Å². The molecule has 121 heavy (non-hydrogen) atoms. The van der Waals surface area contributed by atoms with Crippen LogP contribution in [0.25, 0.3) is 68.8 Å². The van der Waals surface area contributed by atoms with Gasteiger partial charge in [-0.3, -0.25) is 30.4 Å². The molecular weight excluding hydrogens is 1800 g/mol. The third-order valence-electron chi connectivity index (χ3n) is 16.1. The third kappa shape index (κ3) is 21.8. The van der Waals surface area contributed by atoms with Crippen LogP contribution in [0, 0.1) is 74.2 Å². The second-order valence-electron chi connectivity index (χ2n) is 24.8. The molecule has 0 unspecified atom stereocenters. The van der Waals surface area contributed by atoms with Crippen LogP contribution in [0.3, 0.4) is 0 Å². The molecule has 0 saturated heterocycles. The molecule has 1 amide bonds. The molecule has 0 atom stereocenters. The van der Waals surface area contributed by atoms with Crippen LogP contribution in [0.1, 0.15) is 56.7 Å². The number of aryl methyl sites for hydroxylation is 4. The number of hydrogen-bond acceptors (Lipinski definition) is 31. The molecule has 0 fully saturated rings. The number of nitrogens with two attached hydrogens (primary N) is 5. The summed E-state index contributed by atoms with van der Waals surface area (Å²) in [6.45, 7) is 7.39. The first kappa shape index (κ1) is 87.7. The Morgan fingerprint density at radius 2 is 0.810 bits per heavy atom. The van der Waals surface area contributed by atoms with E-state index in [2.05, 4.69) is 144 Å². The minimum absolute atomic E-state index is 0.0344. The number of carbonyl (C=O) groups is 2. The summed E-state index contributed by atoms with van der Waals surface area (Å²) in [7, 11) is -1.39. The van der Waals surface area contributed by atoms with Crippen LogP contribution in [0.15, 0.2) is 178 Å². The van der Waals surface area contributed by atoms with Gasteiger partial charge in [-0.1, -0.05) is 24.3 Å². The van der Waals surface area contributed by atoms with Gasteiger partial charge in [-0.15, -0.1) is 10.2 Å². The van der Waals surface area contributed by atoms with Crippen molar-refractivity contribution in [2.24, 2.45) is 5.84 Å². The summed E-state index contributed by atoms with van der Waals surface area (Å²) in [5, 5.41) is 34.4. The highest BCUT2D eigenvalue weighted by Gasteiger charge is 2.27. The number of pyridine rings is 2. The summed E-state index contributed by atoms with van der Waals surface area (Å²) in [5.41, 5.74) is 36.6. The topological polar surface area (TPSA) is 529 Å². The molecule has 0 aliphatic carbocycles. The van der Waals surface area contributed by atoms with E-state index in [0.29, 0.717) is 64.5 Å². The fraction of sp³-hybridized carbons (Fsp3) is 0.108. The number of aliphatic carboxylic acids is 1. The van der Waals surface area contributed by atoms with Gasteiger partial charge in [0.05, 0.1) is 56.6 Å². The number of benzene rings is 4. The standard InChI is InChI=1S/C22H17F2N7O.C15H11BrF2N6O2.C15H9BrF2N6O.C8H6F2O2.C7H10BNO2.C7H7BrN6O/c1-11-8-13(9-12(2)27-11)18-19(21-26-6-7-32-21)29-22(25)31-20(18)28-17(30-31)10-14-15(23)4-3-5-16(14)24;16-11-12(14-20-4-5-26-14)21-15(19)22-13(11)24-23-10(25)6-7-8(17)2-1-3-9(7)18;16-11-12(14-20-4-5-25-14)22-15(19)24-13(11)21-10(23-24)6-7-8(17)2-1-3-9(7)18;9-6-2-1-3-7(10)5(6)4-8(11)12;1-5-3-7(8(10)11)4-6(2)9-5;8-3-4(6-11-1-2-15-6)12-7(9)13-5(3)14-10/h3-9H,10H2,1-2H3,(H2,25,29);1-5H,6H2,(H,23,25)(H3,19,21,22,24);1-5H,6H2,(H2,19,22);1-3H,4H2,(H,11,12);3-4,10-11H,1-2H3;1-2H,10H2,(H3,9,12,13,14). The fourth-order valence-electron chi connectivity index (χ4n) is 11.0. The Morgan fingerprint density at radius 1 is 0.455 bits per heavy atom. The molecule has 0 aliphatic heterocycles. The third-order valence-corrected chi connectivity index (χ3v) is 18.4. The van der Waals surface area contributed by atoms with Crippen LogP contribution in [-0.2, 0) is 35.3 Å². The number of halogens is 11. The molecule has 16 N–H and O–H groups in total. The fourth-order valence-corrected chi connectivity index (χ4v) is 12.5. The first-order chi connectivity index (χ1) is 57.8. The lowest BCUT2D eigenvalue weighted by atomic mass is 9.80. The number of aromatic nitrogens is 18. The molecule has 16 rings (SSSR count). The number of rotatable bonds is 17. The van der Waals surface area contributed by atoms with Gasteiger partial charge in [0.15, 0.2) is 34.6 Å². The SMILES string of the molecule is Cc1cc(-c2c(-c3ncco3)nc(N)n3nc(Cc4c(F)cccc4F)nc23)cc(C)n1.Cc1cc(B(O)O)cc(C)n1.NNc1nc(N)nc(-c2ncco2)c1Br.Nc1nc(-c2ncco2)c(Br)c2nc(Cc3c(F)cccc3F)nn12.Nc1nc(NNC(=O)Cc2c(F)cccc2F)c(Br)c(-c2ncco2)n1.O=C(O)Cc1c(F)cccc1F. The maximum absolute atomic E-state index is 14.2. The largest absolute Gasteiger partial charge is 0.488 e. The Morgan fingerprint density at radius 3 is 1.21 bits per heavy atom. The zero-order valence-electron chi connectivity index (χ0n) is 62.6. The Bertz CT molecular complexity index is 6270. The predicted octanol–water partition coefficient (Wildman–Crippen LogP) is 11.1. The molecule has 12 aromatic heterocycles. The molecule has 0 bridgehead atoms. The number of nitrogens with zero attached hydrogens (tertiary/aromatic N) is 18. The van der Waals surface area contributed by atoms with Crippen molar-refractivity contribution >= 4 is 119 Å². The second-order valence-corrected chi connectivity index (χ2v) is 27.2. The number of nitrogens with one attached hydrogen (secondary N) is 3. The lowest BCUT2D eigenvalue weighted by Crippen LogP contribution is -2.32. The van der Waals surface area contributed by atoms with Crippen molar-refractivity contribution in [3.8, 4) is 57.5 Å². The summed E-state index contributed by atoms with van der Waals surface area (Å²) in [4.78, 5) is 80.1. The molecular formula is C74H60BBr3F8N26O9. The van der Waals surface area contributed by atoms with Crippen molar-refractivity contribution in [1.29, 1.82) is 0 Å². The second kappa shape index (κ2) is 39.4.